The van der Waals surface area contributed by atoms with Gasteiger partial charge in [-0.3, -0.25) is 9.10 Å². The standard InChI is InChI=1S/C19H17NO3S/c1-14(21)15-8-11-19(12-9-15)24(22,23)20(2)18-10-7-16-5-3-4-6-17(16)13-18/h3-13H,1-2H3. The van der Waals surface area contributed by atoms with E-state index < -0.39 is 10.0 Å². The normalized spacial score (nSPS) is 11.4. The van der Waals surface area contributed by atoms with Crippen molar-refractivity contribution in [3.05, 3.63) is 72.3 Å². The van der Waals surface area contributed by atoms with Crippen molar-refractivity contribution < 1.29 is 13.2 Å². The first kappa shape index (κ1) is 16.2. The summed E-state index contributed by atoms with van der Waals surface area (Å²) >= 11 is 0. The molecule has 122 valence electrons. The third-order valence-corrected chi connectivity index (χ3v) is 5.82. The van der Waals surface area contributed by atoms with E-state index in [2.05, 4.69) is 0 Å². The number of ketones is 1. The Morgan fingerprint density at radius 3 is 2.12 bits per heavy atom. The first-order chi connectivity index (χ1) is 11.4. The molecule has 24 heavy (non-hydrogen) atoms. The largest absolute Gasteiger partial charge is 0.295 e. The number of benzene rings is 3. The van der Waals surface area contributed by atoms with E-state index >= 15 is 0 Å². The van der Waals surface area contributed by atoms with E-state index in [-0.39, 0.29) is 10.7 Å². The molecule has 0 saturated heterocycles. The lowest BCUT2D eigenvalue weighted by molar-refractivity contribution is 0.101. The highest BCUT2D eigenvalue weighted by molar-refractivity contribution is 7.92. The zero-order chi connectivity index (χ0) is 17.3. The third kappa shape index (κ3) is 2.90. The van der Waals surface area contributed by atoms with Crippen molar-refractivity contribution in [1.82, 2.24) is 0 Å². The van der Waals surface area contributed by atoms with Gasteiger partial charge in [0.25, 0.3) is 10.0 Å². The highest BCUT2D eigenvalue weighted by Gasteiger charge is 2.21. The molecule has 3 aromatic carbocycles. The van der Waals surface area contributed by atoms with Crippen LogP contribution in [-0.2, 0) is 10.0 Å². The fourth-order valence-electron chi connectivity index (χ4n) is 2.53. The molecule has 0 radical (unpaired) electrons. The van der Waals surface area contributed by atoms with E-state index in [1.807, 2.05) is 36.4 Å². The summed E-state index contributed by atoms with van der Waals surface area (Å²) < 4.78 is 26.8. The lowest BCUT2D eigenvalue weighted by atomic mass is 10.1. The Kier molecular flexibility index (Phi) is 4.11. The maximum absolute atomic E-state index is 12.8. The number of hydrogen-bond donors (Lipinski definition) is 0. The van der Waals surface area contributed by atoms with Crippen molar-refractivity contribution >= 4 is 32.3 Å². The fraction of sp³-hybridized carbons (Fsp3) is 0.105. The van der Waals surface area contributed by atoms with Gasteiger partial charge in [-0.15, -0.1) is 0 Å². The summed E-state index contributed by atoms with van der Waals surface area (Å²) in [5.41, 5.74) is 1.08. The van der Waals surface area contributed by atoms with E-state index in [1.165, 1.54) is 42.5 Å². The summed E-state index contributed by atoms with van der Waals surface area (Å²) in [6.45, 7) is 1.45. The molecule has 4 nitrogen and oxygen atoms in total. The molecule has 0 saturated carbocycles. The van der Waals surface area contributed by atoms with Gasteiger partial charge in [-0.05, 0) is 42.0 Å². The van der Waals surface area contributed by atoms with Crippen molar-refractivity contribution in [3.63, 3.8) is 0 Å². The molecular weight excluding hydrogens is 322 g/mol. The highest BCUT2D eigenvalue weighted by atomic mass is 32.2. The Hall–Kier alpha value is -2.66. The zero-order valence-electron chi connectivity index (χ0n) is 13.4. The van der Waals surface area contributed by atoms with Crippen LogP contribution in [0.25, 0.3) is 10.8 Å². The number of anilines is 1. The van der Waals surface area contributed by atoms with Gasteiger partial charge in [0.2, 0.25) is 0 Å². The van der Waals surface area contributed by atoms with Crippen LogP contribution in [0, 0.1) is 0 Å². The van der Waals surface area contributed by atoms with Crippen molar-refractivity contribution in [2.75, 3.05) is 11.4 Å². The molecule has 0 aliphatic rings. The molecule has 0 atom stereocenters. The van der Waals surface area contributed by atoms with E-state index in [4.69, 9.17) is 0 Å². The first-order valence-electron chi connectivity index (χ1n) is 7.48. The van der Waals surface area contributed by atoms with E-state index in [0.717, 1.165) is 10.8 Å². The average Bonchev–Trinajstić information content (AvgIpc) is 2.60. The second-order valence-electron chi connectivity index (χ2n) is 5.58. The van der Waals surface area contributed by atoms with Crippen LogP contribution in [0.4, 0.5) is 5.69 Å². The quantitative estimate of drug-likeness (QED) is 0.678. The van der Waals surface area contributed by atoms with Gasteiger partial charge in [0.05, 0.1) is 10.6 Å². The summed E-state index contributed by atoms with van der Waals surface area (Å²) in [5.74, 6) is -0.0955. The first-order valence-corrected chi connectivity index (χ1v) is 8.92. The molecule has 0 bridgehead atoms. The number of nitrogens with zero attached hydrogens (tertiary/aromatic N) is 1. The van der Waals surface area contributed by atoms with Gasteiger partial charge in [-0.2, -0.15) is 0 Å². The second kappa shape index (κ2) is 6.09. The van der Waals surface area contributed by atoms with Crippen LogP contribution in [0.2, 0.25) is 0 Å². The van der Waals surface area contributed by atoms with Crippen molar-refractivity contribution in [2.45, 2.75) is 11.8 Å². The van der Waals surface area contributed by atoms with Gasteiger partial charge in [-0.1, -0.05) is 42.5 Å². The maximum Gasteiger partial charge on any atom is 0.264 e. The van der Waals surface area contributed by atoms with Crippen LogP contribution in [0.15, 0.2) is 71.6 Å². The van der Waals surface area contributed by atoms with E-state index in [0.29, 0.717) is 11.3 Å². The average molecular weight is 339 g/mol. The molecule has 0 heterocycles. The molecule has 3 rings (SSSR count). The Labute approximate surface area is 141 Å². The Morgan fingerprint density at radius 2 is 1.50 bits per heavy atom. The molecule has 0 fully saturated rings. The minimum Gasteiger partial charge on any atom is -0.295 e. The fourth-order valence-corrected chi connectivity index (χ4v) is 3.72. The van der Waals surface area contributed by atoms with Crippen molar-refractivity contribution in [3.8, 4) is 0 Å². The predicted molar refractivity (Wildman–Crippen MR) is 96.0 cm³/mol. The molecule has 3 aromatic rings. The van der Waals surface area contributed by atoms with Gasteiger partial charge in [0.1, 0.15) is 0 Å². The molecule has 0 amide bonds. The number of fused-ring (bicyclic) bond motifs is 1. The Morgan fingerprint density at radius 1 is 0.875 bits per heavy atom. The molecule has 0 unspecified atom stereocenters. The van der Waals surface area contributed by atoms with Gasteiger partial charge < -0.3 is 0 Å². The van der Waals surface area contributed by atoms with Crippen LogP contribution < -0.4 is 4.31 Å². The Balaban J connectivity index is 1.99. The molecular formula is C19H17NO3S. The molecule has 0 N–H and O–H groups in total. The van der Waals surface area contributed by atoms with Gasteiger partial charge in [0, 0.05) is 12.6 Å². The van der Waals surface area contributed by atoms with Gasteiger partial charge >= 0.3 is 0 Å². The molecule has 5 heteroatoms. The van der Waals surface area contributed by atoms with Gasteiger partial charge in [-0.25, -0.2) is 8.42 Å². The summed E-state index contributed by atoms with van der Waals surface area (Å²) in [5, 5.41) is 2.03. The lowest BCUT2D eigenvalue weighted by Crippen LogP contribution is -2.26. The van der Waals surface area contributed by atoms with Crippen LogP contribution in [0.1, 0.15) is 17.3 Å². The number of rotatable bonds is 4. The van der Waals surface area contributed by atoms with Crippen molar-refractivity contribution in [2.24, 2.45) is 0 Å². The maximum atomic E-state index is 12.8. The number of carbonyl (C=O) groups is 1. The van der Waals surface area contributed by atoms with E-state index in [9.17, 15) is 13.2 Å². The minimum atomic E-state index is -3.68. The Bertz CT molecular complexity index is 1010. The van der Waals surface area contributed by atoms with Crippen LogP contribution in [0.3, 0.4) is 0 Å². The summed E-state index contributed by atoms with van der Waals surface area (Å²) in [6.07, 6.45) is 0. The van der Waals surface area contributed by atoms with Crippen molar-refractivity contribution in [1.29, 1.82) is 0 Å². The lowest BCUT2D eigenvalue weighted by Gasteiger charge is -2.20. The van der Waals surface area contributed by atoms with Crippen LogP contribution in [0.5, 0.6) is 0 Å². The number of hydrogen-bond acceptors (Lipinski definition) is 3. The molecule has 0 aliphatic carbocycles. The number of sulfonamides is 1. The highest BCUT2D eigenvalue weighted by Crippen LogP contribution is 2.26. The summed E-state index contributed by atoms with van der Waals surface area (Å²) in [6, 6.07) is 19.3. The summed E-state index contributed by atoms with van der Waals surface area (Å²) in [7, 11) is -2.15. The van der Waals surface area contributed by atoms with E-state index in [1.54, 1.807) is 6.07 Å². The number of Topliss-reactive ketones (excluding diaryl/α,β-unsaturated/α-hetero) is 1. The minimum absolute atomic E-state index is 0.0955. The SMILES string of the molecule is CC(=O)c1ccc(S(=O)(=O)N(C)c2ccc3ccccc3c2)cc1. The molecule has 0 aromatic heterocycles. The van der Waals surface area contributed by atoms with Crippen LogP contribution in [-0.4, -0.2) is 21.2 Å². The zero-order valence-corrected chi connectivity index (χ0v) is 14.2. The third-order valence-electron chi connectivity index (χ3n) is 4.02. The summed E-state index contributed by atoms with van der Waals surface area (Å²) in [4.78, 5) is 11.5. The second-order valence-corrected chi connectivity index (χ2v) is 7.55. The molecule has 0 aliphatic heterocycles. The predicted octanol–water partition coefficient (Wildman–Crippen LogP) is 3.87. The van der Waals surface area contributed by atoms with Crippen LogP contribution >= 0.6 is 0 Å². The van der Waals surface area contributed by atoms with Gasteiger partial charge in [0.15, 0.2) is 5.78 Å². The topological polar surface area (TPSA) is 54.5 Å². The smallest absolute Gasteiger partial charge is 0.264 e. The number of carbonyl (C=O) groups excluding carboxylic acids is 1. The molecule has 0 spiro atoms. The monoisotopic (exact) mass is 339 g/mol.